The van der Waals surface area contributed by atoms with E-state index in [0.29, 0.717) is 61.8 Å². The summed E-state index contributed by atoms with van der Waals surface area (Å²) >= 11 is 0.708. The summed E-state index contributed by atoms with van der Waals surface area (Å²) in [5.41, 5.74) is -0.133. The maximum atomic E-state index is 13.4. The molecule has 2 aliphatic heterocycles. The lowest BCUT2D eigenvalue weighted by Gasteiger charge is -2.45. The molecule has 2 N–H and O–H groups in total. The number of rotatable bonds is 8. The lowest BCUT2D eigenvalue weighted by Crippen LogP contribution is -2.70. The predicted molar refractivity (Wildman–Crippen MR) is 138 cm³/mol. The average Bonchev–Trinajstić information content (AvgIpc) is 3.25. The Labute approximate surface area is 227 Å². The van der Waals surface area contributed by atoms with Crippen LogP contribution in [0.5, 0.6) is 0 Å². The van der Waals surface area contributed by atoms with Crippen molar-refractivity contribution in [3.63, 3.8) is 0 Å². The molecule has 3 fully saturated rings. The maximum absolute atomic E-state index is 13.4. The first-order valence-electron chi connectivity index (χ1n) is 12.5. The Morgan fingerprint density at radius 2 is 1.92 bits per heavy atom. The van der Waals surface area contributed by atoms with Crippen LogP contribution in [0.1, 0.15) is 31.2 Å². The number of nitrogens with one attached hydrogen (secondary N) is 2. The minimum absolute atomic E-state index is 0.0216. The Morgan fingerprint density at radius 1 is 1.21 bits per heavy atom. The van der Waals surface area contributed by atoms with Gasteiger partial charge in [-0.05, 0) is 25.8 Å². The van der Waals surface area contributed by atoms with Gasteiger partial charge in [-0.1, -0.05) is 11.3 Å². The first kappa shape index (κ1) is 26.4. The molecule has 0 aromatic carbocycles. The molecule has 3 aromatic heterocycles. The van der Waals surface area contributed by atoms with Crippen LogP contribution in [0.4, 0.5) is 14.5 Å². The van der Waals surface area contributed by atoms with Gasteiger partial charge in [0.15, 0.2) is 21.4 Å². The van der Waals surface area contributed by atoms with Gasteiger partial charge < -0.3 is 19.9 Å². The SMILES string of the molecule is COC1(C(=O)N2CCN(c3cc(S(=O)(=O)NC4(C)CC4)cn4c(-c5nnc(C(F)F)s5)ncc34)CC2)CNC1. The molecule has 5 heterocycles. The molecule has 0 atom stereocenters. The number of nitrogens with zero attached hydrogens (tertiary/aromatic N) is 6. The van der Waals surface area contributed by atoms with Gasteiger partial charge in [0.2, 0.25) is 10.0 Å². The summed E-state index contributed by atoms with van der Waals surface area (Å²) in [6, 6.07) is 1.60. The fourth-order valence-corrected chi connectivity index (χ4v) is 7.05. The molecule has 3 aromatic rings. The van der Waals surface area contributed by atoms with Crippen molar-refractivity contribution in [1.29, 1.82) is 0 Å². The number of hydrogen-bond acceptors (Lipinski definition) is 10. The van der Waals surface area contributed by atoms with Gasteiger partial charge in [-0.15, -0.1) is 10.2 Å². The van der Waals surface area contributed by atoms with Gasteiger partial charge in [0.1, 0.15) is 4.90 Å². The highest BCUT2D eigenvalue weighted by atomic mass is 32.2. The van der Waals surface area contributed by atoms with Crippen LogP contribution >= 0.6 is 11.3 Å². The van der Waals surface area contributed by atoms with Gasteiger partial charge in [0.05, 0.1) is 17.4 Å². The Bertz CT molecular complexity index is 1520. The number of pyridine rings is 1. The molecular formula is C23H28F2N8O4S2. The van der Waals surface area contributed by atoms with Gasteiger partial charge in [-0.25, -0.2) is 26.9 Å². The standard InChI is InChI=1S/C23H28F2N8O4S2/c1-22(3-4-22)30-39(35,36)14-9-15(31-5-7-32(8-6-31)21(34)23(37-2)12-26-13-23)16-10-27-18(33(16)11-14)20-29-28-19(38-20)17(24)25/h9-11,17,26,30H,3-8,12-13H2,1-2H3. The number of ether oxygens (including phenoxy) is 1. The van der Waals surface area contributed by atoms with E-state index in [2.05, 4.69) is 25.2 Å². The smallest absolute Gasteiger partial charge is 0.291 e. The number of fused-ring (bicyclic) bond motifs is 1. The molecule has 1 amide bonds. The van der Waals surface area contributed by atoms with E-state index in [1.165, 1.54) is 13.3 Å². The van der Waals surface area contributed by atoms with Crippen molar-refractivity contribution in [2.45, 2.75) is 42.2 Å². The van der Waals surface area contributed by atoms with Crippen LogP contribution in [0.25, 0.3) is 16.3 Å². The number of piperazine rings is 1. The third-order valence-corrected chi connectivity index (χ3v) is 10.1. The number of carbonyl (C=O) groups is 1. The van der Waals surface area contributed by atoms with Crippen molar-refractivity contribution in [2.24, 2.45) is 0 Å². The van der Waals surface area contributed by atoms with Gasteiger partial charge in [0, 0.05) is 58.1 Å². The molecule has 1 aliphatic carbocycles. The van der Waals surface area contributed by atoms with Crippen LogP contribution in [0.2, 0.25) is 0 Å². The molecule has 0 spiro atoms. The fourth-order valence-electron chi connectivity index (χ4n) is 4.87. The molecule has 6 rings (SSSR count). The Balaban J connectivity index is 1.36. The van der Waals surface area contributed by atoms with E-state index in [9.17, 15) is 22.0 Å². The van der Waals surface area contributed by atoms with Gasteiger partial charge >= 0.3 is 0 Å². The summed E-state index contributed by atoms with van der Waals surface area (Å²) < 4.78 is 63.0. The molecule has 12 nitrogen and oxygen atoms in total. The number of sulfonamides is 1. The maximum Gasteiger partial charge on any atom is 0.291 e. The second kappa shape index (κ2) is 9.40. The molecule has 3 aliphatic rings. The van der Waals surface area contributed by atoms with E-state index >= 15 is 0 Å². The van der Waals surface area contributed by atoms with Crippen molar-refractivity contribution >= 4 is 38.5 Å². The number of imidazole rings is 1. The highest BCUT2D eigenvalue weighted by Crippen LogP contribution is 2.38. The first-order chi connectivity index (χ1) is 18.5. The minimum Gasteiger partial charge on any atom is -0.366 e. The van der Waals surface area contributed by atoms with Gasteiger partial charge in [0.25, 0.3) is 12.3 Å². The van der Waals surface area contributed by atoms with Crippen molar-refractivity contribution in [1.82, 2.24) is 34.5 Å². The van der Waals surface area contributed by atoms with E-state index in [0.717, 1.165) is 12.8 Å². The van der Waals surface area contributed by atoms with Crippen molar-refractivity contribution in [3.8, 4) is 10.8 Å². The molecular weight excluding hydrogens is 554 g/mol. The highest BCUT2D eigenvalue weighted by molar-refractivity contribution is 7.89. The summed E-state index contributed by atoms with van der Waals surface area (Å²) in [5.74, 6) is 0.156. The van der Waals surface area contributed by atoms with Crippen molar-refractivity contribution in [2.75, 3.05) is 51.3 Å². The van der Waals surface area contributed by atoms with Crippen LogP contribution in [-0.2, 0) is 19.6 Å². The highest BCUT2D eigenvalue weighted by Gasteiger charge is 2.47. The number of anilines is 1. The third kappa shape index (κ3) is 4.67. The number of halogens is 2. The molecule has 210 valence electrons. The molecule has 0 bridgehead atoms. The zero-order valence-electron chi connectivity index (χ0n) is 21.4. The molecule has 39 heavy (non-hydrogen) atoms. The van der Waals surface area contributed by atoms with Crippen LogP contribution < -0.4 is 14.9 Å². The number of carbonyl (C=O) groups excluding carboxylic acids is 1. The number of hydrogen-bond donors (Lipinski definition) is 2. The Kier molecular flexibility index (Phi) is 6.37. The van der Waals surface area contributed by atoms with Gasteiger partial charge in [-0.3, -0.25) is 9.20 Å². The van der Waals surface area contributed by atoms with E-state index in [-0.39, 0.29) is 21.6 Å². The average molecular weight is 583 g/mol. The lowest BCUT2D eigenvalue weighted by molar-refractivity contribution is -0.161. The predicted octanol–water partition coefficient (Wildman–Crippen LogP) is 1.26. The number of aromatic nitrogens is 4. The summed E-state index contributed by atoms with van der Waals surface area (Å²) in [6.07, 6.45) is 1.72. The third-order valence-electron chi connectivity index (χ3n) is 7.61. The van der Waals surface area contributed by atoms with Crippen molar-refractivity contribution in [3.05, 3.63) is 23.5 Å². The molecule has 0 unspecified atom stereocenters. The van der Waals surface area contributed by atoms with Crippen LogP contribution in [-0.4, -0.2) is 96.3 Å². The van der Waals surface area contributed by atoms with Gasteiger partial charge in [-0.2, -0.15) is 0 Å². The topological polar surface area (TPSA) is 134 Å². The Hall–Kier alpha value is -2.79. The van der Waals surface area contributed by atoms with E-state index in [4.69, 9.17) is 4.74 Å². The minimum atomic E-state index is -3.90. The molecule has 1 saturated carbocycles. The number of alkyl halides is 2. The second-order valence-electron chi connectivity index (χ2n) is 10.4. The number of amides is 1. The van der Waals surface area contributed by atoms with E-state index in [1.807, 2.05) is 11.8 Å². The summed E-state index contributed by atoms with van der Waals surface area (Å²) in [6.45, 7) is 4.55. The lowest BCUT2D eigenvalue weighted by atomic mass is 9.94. The number of methoxy groups -OCH3 is 1. The van der Waals surface area contributed by atoms with E-state index < -0.39 is 32.6 Å². The normalized spacial score (nSPS) is 20.4. The molecule has 0 radical (unpaired) electrons. The summed E-state index contributed by atoms with van der Waals surface area (Å²) in [4.78, 5) is 21.3. The van der Waals surface area contributed by atoms with Crippen molar-refractivity contribution < 1.29 is 26.7 Å². The largest absolute Gasteiger partial charge is 0.366 e. The summed E-state index contributed by atoms with van der Waals surface area (Å²) in [7, 11) is -2.37. The van der Waals surface area contributed by atoms with Crippen LogP contribution in [0.15, 0.2) is 23.4 Å². The second-order valence-corrected chi connectivity index (χ2v) is 13.1. The summed E-state index contributed by atoms with van der Waals surface area (Å²) in [5, 5.41) is 10.2. The fraction of sp³-hybridized carbons (Fsp3) is 0.565. The molecule has 2 saturated heterocycles. The van der Waals surface area contributed by atoms with E-state index in [1.54, 1.807) is 21.6 Å². The Morgan fingerprint density at radius 3 is 2.49 bits per heavy atom. The zero-order chi connectivity index (χ0) is 27.6. The quantitative estimate of drug-likeness (QED) is 0.403. The monoisotopic (exact) mass is 582 g/mol. The zero-order valence-corrected chi connectivity index (χ0v) is 23.0. The molecule has 16 heteroatoms. The van der Waals surface area contributed by atoms with Crippen LogP contribution in [0.3, 0.4) is 0 Å². The van der Waals surface area contributed by atoms with Crippen LogP contribution in [0, 0.1) is 0 Å². The first-order valence-corrected chi connectivity index (χ1v) is 14.8.